The third-order valence-corrected chi connectivity index (χ3v) is 5.92. The summed E-state index contributed by atoms with van der Waals surface area (Å²) in [5.74, 6) is -0.447. The van der Waals surface area contributed by atoms with Crippen LogP contribution in [0.15, 0.2) is 47.7 Å². The largest absolute Gasteiger partial charge is 0.383 e. The first-order chi connectivity index (χ1) is 15.5. The molecule has 0 aliphatic carbocycles. The summed E-state index contributed by atoms with van der Waals surface area (Å²) in [6.07, 6.45) is 5.33. The number of methoxy groups -OCH3 is 1. The van der Waals surface area contributed by atoms with E-state index < -0.39 is 5.82 Å². The number of ether oxygens (including phenoxy) is 1. The van der Waals surface area contributed by atoms with Crippen LogP contribution in [0.25, 0.3) is 22.6 Å². The number of nitrogens with zero attached hydrogens (tertiary/aromatic N) is 6. The standard InChI is InChI=1S/C23H25FN6O2/c1-16-13-29-14-17(11-19(24)23(29)25-16)20-12-22(31)30-15-18(3-4-21(30)26-20)28-7-5-27(6-8-28)9-10-32-2/h3-4,11-15H,5-10H2,1-2H3. The maximum absolute atomic E-state index is 14.5. The van der Waals surface area contributed by atoms with E-state index in [2.05, 4.69) is 19.8 Å². The predicted molar refractivity (Wildman–Crippen MR) is 121 cm³/mol. The molecular formula is C23H25FN6O2. The number of hydrogen-bond donors (Lipinski definition) is 0. The van der Waals surface area contributed by atoms with Crippen molar-refractivity contribution in [3.8, 4) is 11.3 Å². The van der Waals surface area contributed by atoms with Crippen molar-refractivity contribution in [1.82, 2.24) is 23.7 Å². The molecule has 0 saturated carbocycles. The van der Waals surface area contributed by atoms with Crippen molar-refractivity contribution >= 4 is 17.0 Å². The van der Waals surface area contributed by atoms with E-state index in [9.17, 15) is 9.18 Å². The Bertz CT molecular complexity index is 1340. The van der Waals surface area contributed by atoms with E-state index in [-0.39, 0.29) is 11.2 Å². The van der Waals surface area contributed by atoms with E-state index in [0.717, 1.165) is 50.7 Å². The molecular weight excluding hydrogens is 411 g/mol. The number of rotatable bonds is 5. The molecule has 0 N–H and O–H groups in total. The van der Waals surface area contributed by atoms with Crippen molar-refractivity contribution in [3.63, 3.8) is 0 Å². The molecule has 0 amide bonds. The fraction of sp³-hybridized carbons (Fsp3) is 0.348. The normalized spacial score (nSPS) is 15.2. The highest BCUT2D eigenvalue weighted by Gasteiger charge is 2.18. The van der Waals surface area contributed by atoms with Gasteiger partial charge in [-0.25, -0.2) is 14.4 Å². The van der Waals surface area contributed by atoms with Crippen LogP contribution in [0.5, 0.6) is 0 Å². The molecule has 1 aliphatic rings. The van der Waals surface area contributed by atoms with Gasteiger partial charge in [0.25, 0.3) is 5.56 Å². The molecule has 32 heavy (non-hydrogen) atoms. The lowest BCUT2D eigenvalue weighted by atomic mass is 10.2. The minimum Gasteiger partial charge on any atom is -0.383 e. The van der Waals surface area contributed by atoms with Gasteiger partial charge in [-0.2, -0.15) is 0 Å². The van der Waals surface area contributed by atoms with E-state index >= 15 is 0 Å². The highest BCUT2D eigenvalue weighted by Crippen LogP contribution is 2.22. The van der Waals surface area contributed by atoms with Gasteiger partial charge in [-0.1, -0.05) is 0 Å². The Hall–Kier alpha value is -3.30. The van der Waals surface area contributed by atoms with Crippen LogP contribution in [0, 0.1) is 12.7 Å². The lowest BCUT2D eigenvalue weighted by Crippen LogP contribution is -2.47. The van der Waals surface area contributed by atoms with Gasteiger partial charge in [-0.3, -0.25) is 14.1 Å². The molecule has 1 fully saturated rings. The minimum absolute atomic E-state index is 0.201. The Labute approximate surface area is 184 Å². The van der Waals surface area contributed by atoms with E-state index in [1.807, 2.05) is 25.3 Å². The Morgan fingerprint density at radius 3 is 2.66 bits per heavy atom. The van der Waals surface area contributed by atoms with E-state index in [0.29, 0.717) is 16.9 Å². The number of anilines is 1. The summed E-state index contributed by atoms with van der Waals surface area (Å²) in [6.45, 7) is 7.16. The molecule has 1 saturated heterocycles. The van der Waals surface area contributed by atoms with Gasteiger partial charge in [0.1, 0.15) is 5.65 Å². The van der Waals surface area contributed by atoms with E-state index in [1.54, 1.807) is 28.3 Å². The van der Waals surface area contributed by atoms with Gasteiger partial charge in [-0.15, -0.1) is 0 Å². The third kappa shape index (κ3) is 3.85. The molecule has 0 radical (unpaired) electrons. The van der Waals surface area contributed by atoms with Crippen molar-refractivity contribution in [2.24, 2.45) is 0 Å². The van der Waals surface area contributed by atoms with Gasteiger partial charge in [0.2, 0.25) is 0 Å². The Balaban J connectivity index is 1.44. The minimum atomic E-state index is -0.447. The van der Waals surface area contributed by atoms with Crippen LogP contribution >= 0.6 is 0 Å². The number of pyridine rings is 2. The molecule has 1 aliphatic heterocycles. The van der Waals surface area contributed by atoms with Gasteiger partial charge in [0.15, 0.2) is 11.5 Å². The molecule has 166 valence electrons. The summed E-state index contributed by atoms with van der Waals surface area (Å²) in [5.41, 5.74) is 3.26. The van der Waals surface area contributed by atoms with Gasteiger partial charge >= 0.3 is 0 Å². The summed E-state index contributed by atoms with van der Waals surface area (Å²) < 4.78 is 22.8. The SMILES string of the molecule is COCCN1CCN(c2ccc3nc(-c4cc(F)c5nc(C)cn5c4)cc(=O)n3c2)CC1. The zero-order valence-electron chi connectivity index (χ0n) is 18.2. The average Bonchev–Trinajstić information content (AvgIpc) is 3.18. The molecule has 4 aromatic rings. The summed E-state index contributed by atoms with van der Waals surface area (Å²) in [5, 5.41) is 0. The van der Waals surface area contributed by atoms with Crippen LogP contribution in [0.1, 0.15) is 5.69 Å². The summed E-state index contributed by atoms with van der Waals surface area (Å²) in [6, 6.07) is 6.65. The van der Waals surface area contributed by atoms with Crippen molar-refractivity contribution in [2.45, 2.75) is 6.92 Å². The number of aromatic nitrogens is 4. The molecule has 5 heterocycles. The van der Waals surface area contributed by atoms with Gasteiger partial charge in [0, 0.05) is 70.1 Å². The second kappa shape index (κ2) is 8.33. The number of fused-ring (bicyclic) bond motifs is 2. The monoisotopic (exact) mass is 436 g/mol. The van der Waals surface area contributed by atoms with Crippen molar-refractivity contribution in [3.05, 3.63) is 64.7 Å². The molecule has 0 bridgehead atoms. The summed E-state index contributed by atoms with van der Waals surface area (Å²) in [4.78, 5) is 26.3. The van der Waals surface area contributed by atoms with E-state index in [1.165, 1.54) is 12.1 Å². The highest BCUT2D eigenvalue weighted by atomic mass is 19.1. The molecule has 0 spiro atoms. The average molecular weight is 436 g/mol. The van der Waals surface area contributed by atoms with Crippen LogP contribution in [-0.4, -0.2) is 70.1 Å². The predicted octanol–water partition coefficient (Wildman–Crippen LogP) is 2.23. The lowest BCUT2D eigenvalue weighted by molar-refractivity contribution is 0.144. The first kappa shape index (κ1) is 20.6. The second-order valence-corrected chi connectivity index (χ2v) is 8.11. The van der Waals surface area contributed by atoms with Crippen LogP contribution in [-0.2, 0) is 4.74 Å². The lowest BCUT2D eigenvalue weighted by Gasteiger charge is -2.35. The van der Waals surface area contributed by atoms with Crippen molar-refractivity contribution < 1.29 is 9.13 Å². The highest BCUT2D eigenvalue weighted by molar-refractivity contribution is 5.64. The summed E-state index contributed by atoms with van der Waals surface area (Å²) in [7, 11) is 1.72. The fourth-order valence-electron chi connectivity index (χ4n) is 4.20. The third-order valence-electron chi connectivity index (χ3n) is 5.92. The molecule has 4 aromatic heterocycles. The van der Waals surface area contributed by atoms with Crippen LogP contribution < -0.4 is 10.5 Å². The maximum atomic E-state index is 14.5. The molecule has 0 aromatic carbocycles. The zero-order valence-corrected chi connectivity index (χ0v) is 18.2. The molecule has 5 rings (SSSR count). The van der Waals surface area contributed by atoms with Crippen molar-refractivity contribution in [2.75, 3.05) is 51.3 Å². The Kier molecular flexibility index (Phi) is 5.36. The Morgan fingerprint density at radius 2 is 1.88 bits per heavy atom. The molecule has 8 nitrogen and oxygen atoms in total. The first-order valence-electron chi connectivity index (χ1n) is 10.7. The molecule has 0 unspecified atom stereocenters. The molecule has 0 atom stereocenters. The first-order valence-corrected chi connectivity index (χ1v) is 10.7. The zero-order chi connectivity index (χ0) is 22.2. The quantitative estimate of drug-likeness (QED) is 0.478. The number of hydrogen-bond acceptors (Lipinski definition) is 6. The number of piperazine rings is 1. The van der Waals surface area contributed by atoms with Crippen molar-refractivity contribution in [1.29, 1.82) is 0 Å². The molecule has 9 heteroatoms. The smallest absolute Gasteiger partial charge is 0.258 e. The number of imidazole rings is 1. The number of halogens is 1. The van der Waals surface area contributed by atoms with Gasteiger partial charge in [-0.05, 0) is 25.1 Å². The summed E-state index contributed by atoms with van der Waals surface area (Å²) >= 11 is 0. The van der Waals surface area contributed by atoms with Crippen LogP contribution in [0.3, 0.4) is 0 Å². The van der Waals surface area contributed by atoms with Gasteiger partial charge < -0.3 is 14.0 Å². The topological polar surface area (TPSA) is 67.4 Å². The Morgan fingerprint density at radius 1 is 1.06 bits per heavy atom. The van der Waals surface area contributed by atoms with E-state index in [4.69, 9.17) is 4.74 Å². The number of aryl methyl sites for hydroxylation is 1. The fourth-order valence-corrected chi connectivity index (χ4v) is 4.20. The van der Waals surface area contributed by atoms with Gasteiger partial charge in [0.05, 0.1) is 23.7 Å². The van der Waals surface area contributed by atoms with Crippen LogP contribution in [0.4, 0.5) is 10.1 Å². The second-order valence-electron chi connectivity index (χ2n) is 8.11. The maximum Gasteiger partial charge on any atom is 0.258 e. The van der Waals surface area contributed by atoms with Crippen LogP contribution in [0.2, 0.25) is 0 Å².